The van der Waals surface area contributed by atoms with Gasteiger partial charge >= 0.3 is 0 Å². The van der Waals surface area contributed by atoms with E-state index in [4.69, 9.17) is 21.1 Å². The standard InChI is InChI=1S/C20H17ClFN3O3/c1-11(26)14-7-15-18(8-19(14)28-13-4-5-27-9-13)23-10-24-20(15)25-12-2-3-17(22)16(21)6-12/h2-3,6-8,10,13H,4-5,9H2,1H3,(H,23,24,25)/t13-/m0/s1. The second-order valence-electron chi connectivity index (χ2n) is 6.50. The molecule has 28 heavy (non-hydrogen) atoms. The van der Waals surface area contributed by atoms with Crippen LogP contribution in [0, 0.1) is 5.82 Å². The van der Waals surface area contributed by atoms with Gasteiger partial charge in [-0.1, -0.05) is 11.6 Å². The number of ether oxygens (including phenoxy) is 2. The van der Waals surface area contributed by atoms with Crippen LogP contribution in [0.1, 0.15) is 23.7 Å². The van der Waals surface area contributed by atoms with Crippen molar-refractivity contribution in [2.45, 2.75) is 19.4 Å². The Kier molecular flexibility index (Phi) is 5.11. The molecule has 0 aliphatic carbocycles. The molecule has 2 aromatic carbocycles. The normalized spacial score (nSPS) is 16.3. The van der Waals surface area contributed by atoms with Gasteiger partial charge in [-0.15, -0.1) is 0 Å². The zero-order valence-electron chi connectivity index (χ0n) is 15.0. The Morgan fingerprint density at radius 1 is 1.32 bits per heavy atom. The summed E-state index contributed by atoms with van der Waals surface area (Å²) in [6.45, 7) is 2.62. The predicted octanol–water partition coefficient (Wildman–Crippen LogP) is 4.54. The summed E-state index contributed by atoms with van der Waals surface area (Å²) in [4.78, 5) is 20.8. The predicted molar refractivity (Wildman–Crippen MR) is 104 cm³/mol. The monoisotopic (exact) mass is 401 g/mol. The molecule has 1 N–H and O–H groups in total. The molecule has 0 unspecified atom stereocenters. The lowest BCUT2D eigenvalue weighted by molar-refractivity contribution is 0.100. The van der Waals surface area contributed by atoms with Crippen LogP contribution in [0.2, 0.25) is 5.02 Å². The Morgan fingerprint density at radius 3 is 2.89 bits per heavy atom. The van der Waals surface area contributed by atoms with Gasteiger partial charge in [0.1, 0.15) is 29.8 Å². The van der Waals surface area contributed by atoms with Crippen LogP contribution in [0.15, 0.2) is 36.7 Å². The topological polar surface area (TPSA) is 73.3 Å². The van der Waals surface area contributed by atoms with Crippen LogP contribution in [-0.4, -0.2) is 35.1 Å². The number of halogens is 2. The number of ketones is 1. The number of carbonyl (C=O) groups is 1. The molecule has 0 bridgehead atoms. The van der Waals surface area contributed by atoms with Gasteiger partial charge in [0.05, 0.1) is 29.3 Å². The molecule has 144 valence electrons. The summed E-state index contributed by atoms with van der Waals surface area (Å²) < 4.78 is 24.7. The molecule has 1 aliphatic heterocycles. The summed E-state index contributed by atoms with van der Waals surface area (Å²) in [5, 5.41) is 3.74. The van der Waals surface area contributed by atoms with Gasteiger partial charge in [-0.25, -0.2) is 14.4 Å². The lowest BCUT2D eigenvalue weighted by atomic mass is 10.1. The van der Waals surface area contributed by atoms with Crippen molar-refractivity contribution in [1.82, 2.24) is 9.97 Å². The number of Topliss-reactive ketones (excluding diaryl/α,β-unsaturated/α-hetero) is 1. The Balaban J connectivity index is 1.74. The Hall–Kier alpha value is -2.77. The molecule has 3 aromatic rings. The molecule has 0 spiro atoms. The van der Waals surface area contributed by atoms with Crippen molar-refractivity contribution in [2.75, 3.05) is 18.5 Å². The molecule has 1 fully saturated rings. The molecule has 1 saturated heterocycles. The molecule has 1 atom stereocenters. The lowest BCUT2D eigenvalue weighted by Crippen LogP contribution is -2.17. The van der Waals surface area contributed by atoms with Crippen molar-refractivity contribution < 1.29 is 18.7 Å². The van der Waals surface area contributed by atoms with E-state index in [1.807, 2.05) is 0 Å². The van der Waals surface area contributed by atoms with E-state index in [1.54, 1.807) is 18.2 Å². The molecule has 0 amide bonds. The molecular formula is C20H17ClFN3O3. The van der Waals surface area contributed by atoms with Gasteiger partial charge in [-0.3, -0.25) is 4.79 Å². The average Bonchev–Trinajstić information content (AvgIpc) is 3.17. The van der Waals surface area contributed by atoms with E-state index >= 15 is 0 Å². The summed E-state index contributed by atoms with van der Waals surface area (Å²) in [5.41, 5.74) is 1.62. The highest BCUT2D eigenvalue weighted by molar-refractivity contribution is 6.31. The number of hydrogen-bond acceptors (Lipinski definition) is 6. The second kappa shape index (κ2) is 7.69. The first kappa shape index (κ1) is 18.6. The van der Waals surface area contributed by atoms with Crippen LogP contribution in [0.25, 0.3) is 10.9 Å². The Labute approximate surface area is 165 Å². The molecule has 1 aromatic heterocycles. The highest BCUT2D eigenvalue weighted by atomic mass is 35.5. The molecule has 2 heterocycles. The average molecular weight is 402 g/mol. The largest absolute Gasteiger partial charge is 0.487 e. The van der Waals surface area contributed by atoms with E-state index < -0.39 is 5.82 Å². The number of fused-ring (bicyclic) bond motifs is 1. The van der Waals surface area contributed by atoms with Crippen molar-refractivity contribution >= 4 is 39.8 Å². The molecule has 8 heteroatoms. The SMILES string of the molecule is CC(=O)c1cc2c(Nc3ccc(F)c(Cl)c3)ncnc2cc1O[C@H]1CCOC1. The zero-order chi connectivity index (χ0) is 19.7. The van der Waals surface area contributed by atoms with Crippen LogP contribution in [-0.2, 0) is 4.74 Å². The molecule has 4 rings (SSSR count). The quantitative estimate of drug-likeness (QED) is 0.633. The van der Waals surface area contributed by atoms with E-state index in [-0.39, 0.29) is 16.9 Å². The maximum atomic E-state index is 13.4. The molecular weight excluding hydrogens is 385 g/mol. The van der Waals surface area contributed by atoms with E-state index in [2.05, 4.69) is 15.3 Å². The van der Waals surface area contributed by atoms with Crippen LogP contribution in [0.3, 0.4) is 0 Å². The highest BCUT2D eigenvalue weighted by Gasteiger charge is 2.21. The van der Waals surface area contributed by atoms with Crippen molar-refractivity contribution in [3.05, 3.63) is 53.1 Å². The maximum Gasteiger partial charge on any atom is 0.163 e. The Morgan fingerprint density at radius 2 is 2.18 bits per heavy atom. The smallest absolute Gasteiger partial charge is 0.163 e. The van der Waals surface area contributed by atoms with E-state index in [9.17, 15) is 9.18 Å². The fourth-order valence-electron chi connectivity index (χ4n) is 3.05. The van der Waals surface area contributed by atoms with E-state index in [1.165, 1.54) is 25.4 Å². The molecule has 0 radical (unpaired) electrons. The minimum atomic E-state index is -0.503. The van der Waals surface area contributed by atoms with Crippen LogP contribution >= 0.6 is 11.6 Å². The first-order valence-electron chi connectivity index (χ1n) is 8.77. The number of carbonyl (C=O) groups excluding carboxylic acids is 1. The third-order valence-electron chi connectivity index (χ3n) is 4.48. The highest BCUT2D eigenvalue weighted by Crippen LogP contribution is 2.32. The third kappa shape index (κ3) is 3.76. The summed E-state index contributed by atoms with van der Waals surface area (Å²) >= 11 is 5.85. The maximum absolute atomic E-state index is 13.4. The minimum Gasteiger partial charge on any atom is -0.487 e. The number of nitrogens with zero attached hydrogens (tertiary/aromatic N) is 2. The fraction of sp³-hybridized carbons (Fsp3) is 0.250. The van der Waals surface area contributed by atoms with Gasteiger partial charge in [-0.05, 0) is 31.2 Å². The number of anilines is 2. The number of rotatable bonds is 5. The summed E-state index contributed by atoms with van der Waals surface area (Å²) in [6, 6.07) is 7.72. The van der Waals surface area contributed by atoms with Gasteiger partial charge in [0, 0.05) is 23.6 Å². The number of nitrogens with one attached hydrogen (secondary N) is 1. The van der Waals surface area contributed by atoms with Crippen LogP contribution < -0.4 is 10.1 Å². The van der Waals surface area contributed by atoms with E-state index in [0.29, 0.717) is 46.9 Å². The van der Waals surface area contributed by atoms with Crippen molar-refractivity contribution in [1.29, 1.82) is 0 Å². The van der Waals surface area contributed by atoms with Crippen LogP contribution in [0.4, 0.5) is 15.9 Å². The lowest BCUT2D eigenvalue weighted by Gasteiger charge is -2.16. The summed E-state index contributed by atoms with van der Waals surface area (Å²) in [6.07, 6.45) is 2.10. The first-order valence-corrected chi connectivity index (χ1v) is 9.15. The second-order valence-corrected chi connectivity index (χ2v) is 6.91. The van der Waals surface area contributed by atoms with E-state index in [0.717, 1.165) is 6.42 Å². The van der Waals surface area contributed by atoms with Gasteiger partial charge in [-0.2, -0.15) is 0 Å². The summed E-state index contributed by atoms with van der Waals surface area (Å²) in [7, 11) is 0. The van der Waals surface area contributed by atoms with Crippen molar-refractivity contribution in [2.24, 2.45) is 0 Å². The summed E-state index contributed by atoms with van der Waals surface area (Å²) in [5.74, 6) is 0.322. The zero-order valence-corrected chi connectivity index (χ0v) is 15.8. The van der Waals surface area contributed by atoms with Gasteiger partial charge in [0.2, 0.25) is 0 Å². The van der Waals surface area contributed by atoms with Crippen molar-refractivity contribution in [3.63, 3.8) is 0 Å². The van der Waals surface area contributed by atoms with Gasteiger partial charge in [0.25, 0.3) is 0 Å². The molecule has 6 nitrogen and oxygen atoms in total. The van der Waals surface area contributed by atoms with Crippen LogP contribution in [0.5, 0.6) is 5.75 Å². The number of aromatic nitrogens is 2. The first-order chi connectivity index (χ1) is 13.5. The number of hydrogen-bond donors (Lipinski definition) is 1. The molecule has 1 aliphatic rings. The molecule has 0 saturated carbocycles. The van der Waals surface area contributed by atoms with Gasteiger partial charge < -0.3 is 14.8 Å². The Bertz CT molecular complexity index is 1050. The fourth-order valence-corrected chi connectivity index (χ4v) is 3.23. The number of benzene rings is 2. The minimum absolute atomic E-state index is 0.00209. The van der Waals surface area contributed by atoms with Gasteiger partial charge in [0.15, 0.2) is 5.78 Å². The third-order valence-corrected chi connectivity index (χ3v) is 4.77. The van der Waals surface area contributed by atoms with Crippen molar-refractivity contribution in [3.8, 4) is 5.75 Å².